The molecule has 9 heteroatoms. The Kier molecular flexibility index (Phi) is 3.36. The Morgan fingerprint density at radius 1 is 1.38 bits per heavy atom. The summed E-state index contributed by atoms with van der Waals surface area (Å²) < 4.78 is 19.4. The van der Waals surface area contributed by atoms with Crippen LogP contribution in [0, 0.1) is 0 Å². The molecular weight excluding hydrogens is 314 g/mol. The van der Waals surface area contributed by atoms with Gasteiger partial charge in [0.25, 0.3) is 0 Å². The first-order valence-corrected chi connectivity index (χ1v) is 7.68. The van der Waals surface area contributed by atoms with E-state index in [0.717, 1.165) is 0 Å². The zero-order valence-corrected chi connectivity index (χ0v) is 13.4. The third kappa shape index (κ3) is 2.13. The fraction of sp³-hybridized carbons (Fsp3) is 0.533. The number of nitrogens with zero attached hydrogens (tertiary/aromatic N) is 4. The van der Waals surface area contributed by atoms with E-state index in [1.165, 1.54) is 6.33 Å². The fourth-order valence-electron chi connectivity index (χ4n) is 3.35. The van der Waals surface area contributed by atoms with Gasteiger partial charge in [-0.2, -0.15) is 5.10 Å². The van der Waals surface area contributed by atoms with E-state index < -0.39 is 24.2 Å². The first-order chi connectivity index (χ1) is 11.4. The molecule has 0 bridgehead atoms. The number of rotatable bonds is 3. The van der Waals surface area contributed by atoms with Gasteiger partial charge in [0.15, 0.2) is 17.7 Å². The van der Waals surface area contributed by atoms with Crippen LogP contribution in [0.2, 0.25) is 0 Å². The SMILES string of the molecule is C=Cc1nn([C@@H]2O[C@H](CO)[C@H]3OC(C)(C)O[C@H]32)c2ncnc(N)c12. The van der Waals surface area contributed by atoms with Gasteiger partial charge in [0.2, 0.25) is 0 Å². The Morgan fingerprint density at radius 3 is 2.83 bits per heavy atom. The van der Waals surface area contributed by atoms with Gasteiger partial charge < -0.3 is 25.1 Å². The molecule has 0 amide bonds. The predicted molar refractivity (Wildman–Crippen MR) is 84.6 cm³/mol. The van der Waals surface area contributed by atoms with Crippen LogP contribution >= 0.6 is 0 Å². The Hall–Kier alpha value is -2.07. The first-order valence-electron chi connectivity index (χ1n) is 7.68. The van der Waals surface area contributed by atoms with Crippen LogP contribution in [0.3, 0.4) is 0 Å². The van der Waals surface area contributed by atoms with Crippen molar-refractivity contribution in [1.82, 2.24) is 19.7 Å². The second kappa shape index (κ2) is 5.21. The molecule has 2 aliphatic rings. The van der Waals surface area contributed by atoms with E-state index in [2.05, 4.69) is 21.6 Å². The molecule has 3 N–H and O–H groups in total. The second-order valence-corrected chi connectivity index (χ2v) is 6.30. The minimum Gasteiger partial charge on any atom is -0.394 e. The number of anilines is 1. The maximum Gasteiger partial charge on any atom is 0.181 e. The summed E-state index contributed by atoms with van der Waals surface area (Å²) in [7, 11) is 0. The quantitative estimate of drug-likeness (QED) is 0.832. The van der Waals surface area contributed by atoms with Gasteiger partial charge in [0.1, 0.15) is 30.5 Å². The van der Waals surface area contributed by atoms with Gasteiger partial charge >= 0.3 is 0 Å². The lowest BCUT2D eigenvalue weighted by atomic mass is 10.1. The molecule has 0 spiro atoms. The van der Waals surface area contributed by atoms with Crippen molar-refractivity contribution in [3.05, 3.63) is 18.6 Å². The van der Waals surface area contributed by atoms with Gasteiger partial charge in [-0.1, -0.05) is 6.58 Å². The molecule has 4 rings (SSSR count). The Bertz CT molecular complexity index is 805. The molecule has 2 aromatic heterocycles. The normalized spacial score (nSPS) is 31.5. The molecule has 2 aromatic rings. The van der Waals surface area contributed by atoms with Gasteiger partial charge in [-0.15, -0.1) is 0 Å². The molecule has 0 radical (unpaired) electrons. The molecule has 9 nitrogen and oxygen atoms in total. The van der Waals surface area contributed by atoms with E-state index in [1.807, 2.05) is 13.8 Å². The number of fused-ring (bicyclic) bond motifs is 2. The monoisotopic (exact) mass is 333 g/mol. The lowest BCUT2D eigenvalue weighted by Crippen LogP contribution is -2.31. The molecule has 0 saturated carbocycles. The Morgan fingerprint density at radius 2 is 2.12 bits per heavy atom. The van der Waals surface area contributed by atoms with Crippen LogP contribution in [0.1, 0.15) is 25.8 Å². The molecule has 0 aromatic carbocycles. The highest BCUT2D eigenvalue weighted by Gasteiger charge is 2.56. The van der Waals surface area contributed by atoms with Gasteiger partial charge in [0.05, 0.1) is 17.7 Å². The van der Waals surface area contributed by atoms with Crippen molar-refractivity contribution in [3.8, 4) is 0 Å². The third-order valence-electron chi connectivity index (χ3n) is 4.28. The predicted octanol–water partition coefficient (Wildman–Crippen LogP) is 0.461. The van der Waals surface area contributed by atoms with Crippen molar-refractivity contribution in [2.24, 2.45) is 0 Å². The standard InChI is InChI=1S/C15H19N5O4/c1-4-7-9-12(16)17-6-18-13(9)20(19-7)14-11-10(8(5-21)22-14)23-15(2,3)24-11/h4,6,8,10-11,14,21H,1,5H2,2-3H3,(H2,16,17,18)/t8-,10-,11-,14-/m1/s1. The van der Waals surface area contributed by atoms with Crippen LogP contribution in [0.4, 0.5) is 5.82 Å². The lowest BCUT2D eigenvalue weighted by molar-refractivity contribution is -0.201. The highest BCUT2D eigenvalue weighted by Crippen LogP contribution is 2.43. The number of aromatic nitrogens is 4. The fourth-order valence-corrected chi connectivity index (χ4v) is 3.35. The maximum atomic E-state index is 9.60. The average Bonchev–Trinajstić information content (AvgIpc) is 3.16. The molecule has 4 heterocycles. The average molecular weight is 333 g/mol. The zero-order valence-electron chi connectivity index (χ0n) is 13.4. The van der Waals surface area contributed by atoms with Gasteiger partial charge in [0, 0.05) is 0 Å². The van der Waals surface area contributed by atoms with E-state index in [4.69, 9.17) is 19.9 Å². The number of aliphatic hydroxyl groups is 1. The summed E-state index contributed by atoms with van der Waals surface area (Å²) in [5.74, 6) is -0.443. The molecule has 0 aliphatic carbocycles. The molecular formula is C15H19N5O4. The number of nitrogen functional groups attached to an aromatic ring is 1. The number of hydrogen-bond acceptors (Lipinski definition) is 8. The van der Waals surface area contributed by atoms with Crippen molar-refractivity contribution in [3.63, 3.8) is 0 Å². The van der Waals surface area contributed by atoms with Gasteiger partial charge in [-0.05, 0) is 19.9 Å². The van der Waals surface area contributed by atoms with Crippen molar-refractivity contribution in [2.45, 2.75) is 44.2 Å². The Balaban J connectivity index is 1.83. The van der Waals surface area contributed by atoms with E-state index >= 15 is 0 Å². The smallest absolute Gasteiger partial charge is 0.181 e. The summed E-state index contributed by atoms with van der Waals surface area (Å²) in [4.78, 5) is 8.28. The van der Waals surface area contributed by atoms with Crippen LogP contribution in [-0.4, -0.2) is 55.6 Å². The van der Waals surface area contributed by atoms with Crippen LogP contribution < -0.4 is 5.73 Å². The molecule has 2 aliphatic heterocycles. The summed E-state index contributed by atoms with van der Waals surface area (Å²) in [5.41, 5.74) is 7.04. The number of nitrogens with two attached hydrogens (primary N) is 1. The highest BCUT2D eigenvalue weighted by molar-refractivity contribution is 5.92. The van der Waals surface area contributed by atoms with Crippen molar-refractivity contribution >= 4 is 22.9 Å². The van der Waals surface area contributed by atoms with Gasteiger partial charge in [-0.3, -0.25) is 0 Å². The van der Waals surface area contributed by atoms with Crippen molar-refractivity contribution in [2.75, 3.05) is 12.3 Å². The summed E-state index contributed by atoms with van der Waals surface area (Å²) in [6.07, 6.45) is 1.04. The van der Waals surface area contributed by atoms with Crippen LogP contribution in [-0.2, 0) is 14.2 Å². The lowest BCUT2D eigenvalue weighted by Gasteiger charge is -2.23. The minimum absolute atomic E-state index is 0.179. The minimum atomic E-state index is -0.761. The van der Waals surface area contributed by atoms with E-state index in [9.17, 15) is 5.11 Å². The van der Waals surface area contributed by atoms with E-state index in [-0.39, 0.29) is 12.7 Å². The van der Waals surface area contributed by atoms with Crippen LogP contribution in [0.15, 0.2) is 12.9 Å². The van der Waals surface area contributed by atoms with Gasteiger partial charge in [-0.25, -0.2) is 14.6 Å². The molecule has 4 atom stereocenters. The Labute approximate surface area is 138 Å². The molecule has 0 unspecified atom stereocenters. The number of hydrogen-bond donors (Lipinski definition) is 2. The third-order valence-corrected chi connectivity index (χ3v) is 4.28. The van der Waals surface area contributed by atoms with E-state index in [1.54, 1.807) is 10.8 Å². The number of ether oxygens (including phenoxy) is 3. The first kappa shape index (κ1) is 15.5. The maximum absolute atomic E-state index is 9.60. The number of aliphatic hydroxyl groups excluding tert-OH is 1. The van der Waals surface area contributed by atoms with Crippen molar-refractivity contribution in [1.29, 1.82) is 0 Å². The zero-order chi connectivity index (χ0) is 17.1. The summed E-state index contributed by atoms with van der Waals surface area (Å²) >= 11 is 0. The van der Waals surface area contributed by atoms with Crippen LogP contribution in [0.25, 0.3) is 17.1 Å². The summed E-state index contributed by atoms with van der Waals surface area (Å²) in [6.45, 7) is 7.23. The van der Waals surface area contributed by atoms with E-state index in [0.29, 0.717) is 22.5 Å². The summed E-state index contributed by atoms with van der Waals surface area (Å²) in [5, 5.41) is 14.7. The molecule has 2 saturated heterocycles. The second-order valence-electron chi connectivity index (χ2n) is 6.30. The molecule has 2 fully saturated rings. The molecule has 24 heavy (non-hydrogen) atoms. The van der Waals surface area contributed by atoms with Crippen LogP contribution in [0.5, 0.6) is 0 Å². The molecule has 128 valence electrons. The highest BCUT2D eigenvalue weighted by atomic mass is 16.8. The van der Waals surface area contributed by atoms with Crippen molar-refractivity contribution < 1.29 is 19.3 Å². The largest absolute Gasteiger partial charge is 0.394 e. The summed E-state index contributed by atoms with van der Waals surface area (Å²) in [6, 6.07) is 0. The topological polar surface area (TPSA) is 118 Å².